The van der Waals surface area contributed by atoms with Crippen molar-refractivity contribution in [1.29, 1.82) is 0 Å². The number of ketones is 1. The molecular formula is C28H34Cl2N2O6. The van der Waals surface area contributed by atoms with Gasteiger partial charge < -0.3 is 14.6 Å². The number of esters is 2. The third-order valence-electron chi connectivity index (χ3n) is 5.98. The van der Waals surface area contributed by atoms with Crippen molar-refractivity contribution in [3.63, 3.8) is 0 Å². The number of carbonyl (C=O) groups excluding carboxylic acids is 3. The van der Waals surface area contributed by atoms with Gasteiger partial charge in [-0.15, -0.1) is 0 Å². The molecule has 0 bridgehead atoms. The summed E-state index contributed by atoms with van der Waals surface area (Å²) < 4.78 is 10.5. The van der Waals surface area contributed by atoms with Crippen LogP contribution in [0.4, 0.5) is 0 Å². The van der Waals surface area contributed by atoms with E-state index >= 15 is 0 Å². The molecule has 206 valence electrons. The number of fused-ring (bicyclic) bond motifs is 2. The number of aliphatic hydroxyl groups is 1. The third-order valence-corrected chi connectivity index (χ3v) is 6.39. The maximum atomic E-state index is 12.1. The van der Waals surface area contributed by atoms with Gasteiger partial charge in [-0.2, -0.15) is 0 Å². The highest BCUT2D eigenvalue weighted by Crippen LogP contribution is 2.38. The summed E-state index contributed by atoms with van der Waals surface area (Å²) in [5.41, 5.74) is 2.12. The number of pyridine rings is 2. The van der Waals surface area contributed by atoms with E-state index in [1.54, 1.807) is 39.1 Å². The topological polar surface area (TPSA) is 116 Å². The smallest absolute Gasteiger partial charge is 0.307 e. The summed E-state index contributed by atoms with van der Waals surface area (Å²) in [6.07, 6.45) is 3.83. The van der Waals surface area contributed by atoms with Gasteiger partial charge in [0.25, 0.3) is 0 Å². The lowest BCUT2D eigenvalue weighted by Crippen LogP contribution is -2.26. The Morgan fingerprint density at radius 2 is 1.42 bits per heavy atom. The molecule has 2 heterocycles. The summed E-state index contributed by atoms with van der Waals surface area (Å²) in [6, 6.07) is 3.43. The Kier molecular flexibility index (Phi) is 9.22. The highest BCUT2D eigenvalue weighted by Gasteiger charge is 2.35. The highest BCUT2D eigenvalue weighted by molar-refractivity contribution is 6.29. The number of nitrogens with zero attached hydrogens (tertiary/aromatic N) is 2. The van der Waals surface area contributed by atoms with Crippen LogP contribution in [-0.4, -0.2) is 44.0 Å². The average Bonchev–Trinajstić information content (AvgIpc) is 3.21. The zero-order valence-corrected chi connectivity index (χ0v) is 24.0. The van der Waals surface area contributed by atoms with Crippen molar-refractivity contribution < 1.29 is 29.0 Å². The van der Waals surface area contributed by atoms with Crippen molar-refractivity contribution in [2.75, 3.05) is 0 Å². The Morgan fingerprint density at radius 3 is 2.00 bits per heavy atom. The molecule has 0 amide bonds. The summed E-state index contributed by atoms with van der Waals surface area (Å²) >= 11 is 11.6. The molecule has 3 unspecified atom stereocenters. The predicted octanol–water partition coefficient (Wildman–Crippen LogP) is 5.49. The van der Waals surface area contributed by atoms with Gasteiger partial charge in [-0.1, -0.05) is 23.2 Å². The van der Waals surface area contributed by atoms with E-state index in [4.69, 9.17) is 32.7 Å². The number of rotatable bonds is 4. The molecule has 0 aromatic carbocycles. The minimum atomic E-state index is -0.674. The second-order valence-electron chi connectivity index (χ2n) is 11.6. The molecule has 10 heteroatoms. The molecule has 4 rings (SSSR count). The monoisotopic (exact) mass is 564 g/mol. The van der Waals surface area contributed by atoms with E-state index in [0.29, 0.717) is 28.7 Å². The number of Topliss-reactive ketones (excluding diaryl/α,β-unsaturated/α-hetero) is 1. The van der Waals surface area contributed by atoms with Gasteiger partial charge in [0, 0.05) is 35.4 Å². The first-order chi connectivity index (χ1) is 17.5. The zero-order valence-electron chi connectivity index (χ0n) is 22.5. The van der Waals surface area contributed by atoms with E-state index in [0.717, 1.165) is 16.7 Å². The number of aliphatic hydroxyl groups excluding tert-OH is 1. The van der Waals surface area contributed by atoms with Gasteiger partial charge in [0.15, 0.2) is 5.78 Å². The standard InChI is InChI=1S/C14H18ClNO3.C14H16ClNO3/c2*1-14(2,3)19-12(17)6-9-4-8-5-11(15)16-7-10(8)13(9)18/h5,7,9,13,18H,4,6H2,1-3H3;5,7,9H,4,6H2,1-3H3. The van der Waals surface area contributed by atoms with Crippen molar-refractivity contribution in [3.8, 4) is 0 Å². The van der Waals surface area contributed by atoms with Crippen LogP contribution in [0.5, 0.6) is 0 Å². The Balaban J connectivity index is 0.000000211. The van der Waals surface area contributed by atoms with Crippen molar-refractivity contribution in [2.24, 2.45) is 11.8 Å². The Morgan fingerprint density at radius 1 is 0.895 bits per heavy atom. The van der Waals surface area contributed by atoms with Gasteiger partial charge in [0.05, 0.1) is 18.9 Å². The predicted molar refractivity (Wildman–Crippen MR) is 143 cm³/mol. The fourth-order valence-corrected chi connectivity index (χ4v) is 4.90. The zero-order chi connectivity index (χ0) is 28.4. The summed E-state index contributed by atoms with van der Waals surface area (Å²) in [7, 11) is 0. The van der Waals surface area contributed by atoms with Gasteiger partial charge in [0.2, 0.25) is 0 Å². The molecule has 2 aliphatic rings. The fourth-order valence-electron chi connectivity index (χ4n) is 4.54. The van der Waals surface area contributed by atoms with Crippen LogP contribution in [0.15, 0.2) is 24.5 Å². The normalized spacial score (nSPS) is 20.2. The molecule has 2 aromatic heterocycles. The van der Waals surface area contributed by atoms with E-state index in [1.165, 1.54) is 6.20 Å². The molecular weight excluding hydrogens is 531 g/mol. The minimum absolute atomic E-state index is 0.0509. The second-order valence-corrected chi connectivity index (χ2v) is 12.4. The van der Waals surface area contributed by atoms with Crippen LogP contribution >= 0.6 is 23.2 Å². The Bertz CT molecular complexity index is 1220. The molecule has 0 spiro atoms. The van der Waals surface area contributed by atoms with Crippen LogP contribution in [0.3, 0.4) is 0 Å². The van der Waals surface area contributed by atoms with Gasteiger partial charge in [-0.25, -0.2) is 9.97 Å². The first-order valence-corrected chi connectivity index (χ1v) is 13.2. The van der Waals surface area contributed by atoms with E-state index in [9.17, 15) is 19.5 Å². The lowest BCUT2D eigenvalue weighted by atomic mass is 10.00. The second kappa shape index (κ2) is 11.7. The number of halogens is 2. The lowest BCUT2D eigenvalue weighted by molar-refractivity contribution is -0.157. The summed E-state index contributed by atoms with van der Waals surface area (Å²) in [5, 5.41) is 11.0. The molecule has 8 nitrogen and oxygen atoms in total. The van der Waals surface area contributed by atoms with Crippen molar-refractivity contribution in [2.45, 2.75) is 84.5 Å². The first-order valence-electron chi connectivity index (χ1n) is 12.5. The maximum Gasteiger partial charge on any atom is 0.307 e. The molecule has 38 heavy (non-hydrogen) atoms. The third kappa shape index (κ3) is 8.22. The van der Waals surface area contributed by atoms with Gasteiger partial charge >= 0.3 is 11.9 Å². The molecule has 0 aliphatic heterocycles. The largest absolute Gasteiger partial charge is 0.460 e. The molecule has 1 N–H and O–H groups in total. The number of ether oxygens (including phenoxy) is 2. The van der Waals surface area contributed by atoms with Crippen molar-refractivity contribution >= 4 is 40.9 Å². The number of aromatic nitrogens is 2. The average molecular weight is 565 g/mol. The van der Waals surface area contributed by atoms with Gasteiger partial charge in [0.1, 0.15) is 21.5 Å². The minimum Gasteiger partial charge on any atom is -0.460 e. The lowest BCUT2D eigenvalue weighted by Gasteiger charge is -2.21. The van der Waals surface area contributed by atoms with Crippen molar-refractivity contribution in [3.05, 3.63) is 57.1 Å². The van der Waals surface area contributed by atoms with Crippen LogP contribution in [0.1, 0.15) is 87.5 Å². The van der Waals surface area contributed by atoms with Gasteiger partial charge in [-0.05, 0) is 77.6 Å². The first kappa shape index (κ1) is 30.0. The van der Waals surface area contributed by atoms with Crippen LogP contribution in [0.25, 0.3) is 0 Å². The van der Waals surface area contributed by atoms with Crippen LogP contribution < -0.4 is 0 Å². The molecule has 0 saturated carbocycles. The van der Waals surface area contributed by atoms with E-state index in [1.807, 2.05) is 20.8 Å². The number of carbonyl (C=O) groups is 3. The molecule has 0 fully saturated rings. The van der Waals surface area contributed by atoms with Crippen LogP contribution in [0.2, 0.25) is 10.3 Å². The van der Waals surface area contributed by atoms with Crippen LogP contribution in [-0.2, 0) is 31.9 Å². The molecule has 3 atom stereocenters. The highest BCUT2D eigenvalue weighted by atomic mass is 35.5. The Hall–Kier alpha value is -2.55. The Labute approximate surface area is 233 Å². The molecule has 0 radical (unpaired) electrons. The maximum absolute atomic E-state index is 12.1. The summed E-state index contributed by atoms with van der Waals surface area (Å²) in [6.45, 7) is 10.9. The summed E-state index contributed by atoms with van der Waals surface area (Å²) in [4.78, 5) is 43.5. The number of hydrogen-bond acceptors (Lipinski definition) is 8. The van der Waals surface area contributed by atoms with E-state index in [2.05, 4.69) is 9.97 Å². The van der Waals surface area contributed by atoms with E-state index < -0.39 is 17.3 Å². The fraction of sp³-hybridized carbons (Fsp3) is 0.536. The number of hydrogen-bond donors (Lipinski definition) is 1. The molecule has 2 aromatic rings. The van der Waals surface area contributed by atoms with Gasteiger partial charge in [-0.3, -0.25) is 14.4 Å². The quantitative estimate of drug-likeness (QED) is 0.382. The van der Waals surface area contributed by atoms with Crippen LogP contribution in [0, 0.1) is 11.8 Å². The van der Waals surface area contributed by atoms with E-state index in [-0.39, 0.29) is 42.4 Å². The summed E-state index contributed by atoms with van der Waals surface area (Å²) in [5.74, 6) is -1.21. The molecule has 0 saturated heterocycles. The SMILES string of the molecule is CC(C)(C)OC(=O)CC1Cc2cc(Cl)ncc2C1=O.CC(C)(C)OC(=O)CC1Cc2cc(Cl)ncc2C1O. The molecule has 2 aliphatic carbocycles. The van der Waals surface area contributed by atoms with Crippen molar-refractivity contribution in [1.82, 2.24) is 9.97 Å².